The average molecular weight is 534 g/mol. The van der Waals surface area contributed by atoms with Crippen LogP contribution >= 0.6 is 11.6 Å². The summed E-state index contributed by atoms with van der Waals surface area (Å²) >= 11 is 6.06. The number of fused-ring (bicyclic) bond motifs is 1. The van der Waals surface area contributed by atoms with E-state index in [1.165, 1.54) is 6.07 Å². The molecule has 1 aromatic heterocycles. The van der Waals surface area contributed by atoms with Crippen LogP contribution in [0.5, 0.6) is 5.75 Å². The lowest BCUT2D eigenvalue weighted by molar-refractivity contribution is -0.137. The molecule has 2 aliphatic heterocycles. The molecule has 0 saturated carbocycles. The van der Waals surface area contributed by atoms with E-state index in [9.17, 15) is 18.0 Å². The third-order valence-electron chi connectivity index (χ3n) is 7.12. The van der Waals surface area contributed by atoms with Crippen molar-refractivity contribution in [3.05, 3.63) is 75.8 Å². The SMILES string of the molecule is Cc1nnc(C2CCCN2C(=O)NC2CCOc3cc(C(F)(F)F)ccc32)n1[C@@H](C)c1ccc(Cl)cc1. The van der Waals surface area contributed by atoms with Gasteiger partial charge in [-0.25, -0.2) is 4.79 Å². The zero-order valence-electron chi connectivity index (χ0n) is 20.4. The van der Waals surface area contributed by atoms with E-state index in [1.807, 2.05) is 35.8 Å². The third kappa shape index (κ3) is 4.99. The first-order chi connectivity index (χ1) is 17.6. The van der Waals surface area contributed by atoms with Gasteiger partial charge >= 0.3 is 12.2 Å². The number of likely N-dealkylation sites (tertiary alicyclic amines) is 1. The summed E-state index contributed by atoms with van der Waals surface area (Å²) in [5.41, 5.74) is 0.806. The monoisotopic (exact) mass is 533 g/mol. The number of benzene rings is 2. The second kappa shape index (κ2) is 9.89. The largest absolute Gasteiger partial charge is 0.493 e. The number of aromatic nitrogens is 3. The number of ether oxygens (including phenoxy) is 1. The number of carbonyl (C=O) groups is 1. The predicted octanol–water partition coefficient (Wildman–Crippen LogP) is 6.24. The summed E-state index contributed by atoms with van der Waals surface area (Å²) in [6.45, 7) is 4.70. The van der Waals surface area contributed by atoms with Crippen molar-refractivity contribution in [2.24, 2.45) is 0 Å². The van der Waals surface area contributed by atoms with Gasteiger partial charge in [0.15, 0.2) is 5.82 Å². The van der Waals surface area contributed by atoms with Gasteiger partial charge in [0.05, 0.1) is 30.3 Å². The maximum absolute atomic E-state index is 13.5. The highest BCUT2D eigenvalue weighted by Crippen LogP contribution is 2.39. The van der Waals surface area contributed by atoms with Crippen LogP contribution < -0.4 is 10.1 Å². The fourth-order valence-corrected chi connectivity index (χ4v) is 5.33. The number of aryl methyl sites for hydroxylation is 1. The zero-order chi connectivity index (χ0) is 26.3. The Balaban J connectivity index is 1.37. The van der Waals surface area contributed by atoms with E-state index < -0.39 is 17.8 Å². The molecule has 2 aliphatic rings. The lowest BCUT2D eigenvalue weighted by Crippen LogP contribution is -2.43. The molecule has 2 amide bonds. The summed E-state index contributed by atoms with van der Waals surface area (Å²) in [4.78, 5) is 15.2. The molecule has 0 spiro atoms. The first-order valence-corrected chi connectivity index (χ1v) is 12.6. The lowest BCUT2D eigenvalue weighted by atomic mass is 9.98. The molecule has 3 atom stereocenters. The number of alkyl halides is 3. The Labute approximate surface area is 217 Å². The molecule has 5 rings (SSSR count). The van der Waals surface area contributed by atoms with Gasteiger partial charge in [0, 0.05) is 23.6 Å². The van der Waals surface area contributed by atoms with Crippen LogP contribution in [0.3, 0.4) is 0 Å². The van der Waals surface area contributed by atoms with Gasteiger partial charge in [-0.3, -0.25) is 0 Å². The second-order valence-corrected chi connectivity index (χ2v) is 9.88. The molecule has 7 nitrogen and oxygen atoms in total. The molecule has 0 aliphatic carbocycles. The maximum atomic E-state index is 13.5. The number of nitrogens with zero attached hydrogens (tertiary/aromatic N) is 4. The minimum Gasteiger partial charge on any atom is -0.493 e. The fourth-order valence-electron chi connectivity index (χ4n) is 5.21. The predicted molar refractivity (Wildman–Crippen MR) is 132 cm³/mol. The molecule has 3 heterocycles. The molecule has 0 bridgehead atoms. The molecule has 196 valence electrons. The summed E-state index contributed by atoms with van der Waals surface area (Å²) in [7, 11) is 0. The van der Waals surface area contributed by atoms with Crippen molar-refractivity contribution in [3.8, 4) is 5.75 Å². The molecule has 0 radical (unpaired) electrons. The fraction of sp³-hybridized carbons (Fsp3) is 0.423. The smallest absolute Gasteiger partial charge is 0.416 e. The highest BCUT2D eigenvalue weighted by molar-refractivity contribution is 6.30. The molecule has 3 aromatic rings. The quantitative estimate of drug-likeness (QED) is 0.431. The number of rotatable bonds is 4. The zero-order valence-corrected chi connectivity index (χ0v) is 21.2. The van der Waals surface area contributed by atoms with Crippen molar-refractivity contribution in [1.29, 1.82) is 0 Å². The molecular formula is C26H27ClF3N5O2. The Bertz CT molecular complexity index is 1290. The van der Waals surface area contributed by atoms with Crippen LogP contribution in [0.1, 0.15) is 72.7 Å². The van der Waals surface area contributed by atoms with Gasteiger partial charge in [-0.2, -0.15) is 13.2 Å². The van der Waals surface area contributed by atoms with E-state index in [0.29, 0.717) is 29.4 Å². The first-order valence-electron chi connectivity index (χ1n) is 12.2. The van der Waals surface area contributed by atoms with Crippen molar-refractivity contribution in [2.75, 3.05) is 13.2 Å². The number of nitrogens with one attached hydrogen (secondary N) is 1. The van der Waals surface area contributed by atoms with Crippen LogP contribution in [-0.4, -0.2) is 38.8 Å². The summed E-state index contributed by atoms with van der Waals surface area (Å²) < 4.78 is 47.0. The standard InChI is InChI=1S/C26H27ClF3N5O2/c1-15(17-5-8-19(27)9-6-17)35-16(2)32-33-24(35)22-4-3-12-34(22)25(36)31-21-11-13-37-23-14-18(26(28,29)30)7-10-20(21)23/h5-10,14-15,21-22H,3-4,11-13H2,1-2H3,(H,31,36)/t15-,21?,22?/m0/s1. The Morgan fingerprint density at radius 2 is 1.92 bits per heavy atom. The summed E-state index contributed by atoms with van der Waals surface area (Å²) in [5.74, 6) is 1.59. The Kier molecular flexibility index (Phi) is 6.78. The molecular weight excluding hydrogens is 507 g/mol. The Morgan fingerprint density at radius 1 is 1.16 bits per heavy atom. The van der Waals surface area contributed by atoms with Gasteiger partial charge in [-0.05, 0) is 56.5 Å². The van der Waals surface area contributed by atoms with Crippen LogP contribution in [0.4, 0.5) is 18.0 Å². The Morgan fingerprint density at radius 3 is 2.65 bits per heavy atom. The topological polar surface area (TPSA) is 72.3 Å². The van der Waals surface area contributed by atoms with Crippen LogP contribution in [0.25, 0.3) is 0 Å². The van der Waals surface area contributed by atoms with E-state index >= 15 is 0 Å². The van der Waals surface area contributed by atoms with E-state index in [1.54, 1.807) is 4.90 Å². The summed E-state index contributed by atoms with van der Waals surface area (Å²) in [6.07, 6.45) is -2.46. The van der Waals surface area contributed by atoms with Gasteiger partial charge in [-0.15, -0.1) is 10.2 Å². The second-order valence-electron chi connectivity index (χ2n) is 9.44. The highest BCUT2D eigenvalue weighted by Gasteiger charge is 2.37. The Hall–Kier alpha value is -3.27. The van der Waals surface area contributed by atoms with Crippen LogP contribution in [0.2, 0.25) is 5.02 Å². The van der Waals surface area contributed by atoms with Gasteiger partial charge in [0.1, 0.15) is 11.6 Å². The van der Waals surface area contributed by atoms with Gasteiger partial charge < -0.3 is 19.5 Å². The number of amides is 2. The van der Waals surface area contributed by atoms with E-state index in [2.05, 4.69) is 22.4 Å². The average Bonchev–Trinajstić information content (AvgIpc) is 3.50. The van der Waals surface area contributed by atoms with Crippen LogP contribution in [-0.2, 0) is 6.18 Å². The minimum atomic E-state index is -4.46. The first kappa shape index (κ1) is 25.4. The highest BCUT2D eigenvalue weighted by atomic mass is 35.5. The molecule has 2 unspecified atom stereocenters. The number of carbonyl (C=O) groups excluding carboxylic acids is 1. The summed E-state index contributed by atoms with van der Waals surface area (Å²) in [6, 6.07) is 9.92. The molecule has 1 N–H and O–H groups in total. The van der Waals surface area contributed by atoms with E-state index in [4.69, 9.17) is 16.3 Å². The van der Waals surface area contributed by atoms with Crippen LogP contribution in [0, 0.1) is 6.92 Å². The van der Waals surface area contributed by atoms with Gasteiger partial charge in [0.2, 0.25) is 0 Å². The third-order valence-corrected chi connectivity index (χ3v) is 7.37. The number of hydrogen-bond donors (Lipinski definition) is 1. The van der Waals surface area contributed by atoms with Crippen molar-refractivity contribution < 1.29 is 22.7 Å². The molecule has 1 saturated heterocycles. The number of halogens is 4. The summed E-state index contributed by atoms with van der Waals surface area (Å²) in [5, 5.41) is 12.4. The number of urea groups is 1. The van der Waals surface area contributed by atoms with E-state index in [-0.39, 0.29) is 30.5 Å². The van der Waals surface area contributed by atoms with Crippen molar-refractivity contribution in [2.45, 2.75) is 57.4 Å². The minimum absolute atomic E-state index is 0.0713. The normalized spacial score (nSPS) is 20.3. The number of hydrogen-bond acceptors (Lipinski definition) is 4. The molecule has 11 heteroatoms. The van der Waals surface area contributed by atoms with Gasteiger partial charge in [0.25, 0.3) is 0 Å². The molecule has 1 fully saturated rings. The van der Waals surface area contributed by atoms with Crippen molar-refractivity contribution >= 4 is 17.6 Å². The van der Waals surface area contributed by atoms with Crippen molar-refractivity contribution in [1.82, 2.24) is 25.0 Å². The molecule has 37 heavy (non-hydrogen) atoms. The van der Waals surface area contributed by atoms with Crippen LogP contribution in [0.15, 0.2) is 42.5 Å². The molecule has 2 aromatic carbocycles. The van der Waals surface area contributed by atoms with E-state index in [0.717, 1.165) is 36.4 Å². The maximum Gasteiger partial charge on any atom is 0.416 e. The van der Waals surface area contributed by atoms with Gasteiger partial charge in [-0.1, -0.05) is 29.8 Å². The van der Waals surface area contributed by atoms with Crippen molar-refractivity contribution in [3.63, 3.8) is 0 Å². The lowest BCUT2D eigenvalue weighted by Gasteiger charge is -2.31.